The van der Waals surface area contributed by atoms with Crippen LogP contribution < -0.4 is 5.32 Å². The second-order valence-electron chi connectivity index (χ2n) is 8.12. The van der Waals surface area contributed by atoms with E-state index in [1.807, 2.05) is 51.1 Å². The Labute approximate surface area is 160 Å². The van der Waals surface area contributed by atoms with Crippen LogP contribution in [0.15, 0.2) is 30.3 Å². The van der Waals surface area contributed by atoms with Crippen LogP contribution in [-0.4, -0.2) is 54.5 Å². The molecule has 7 nitrogen and oxygen atoms in total. The summed E-state index contributed by atoms with van der Waals surface area (Å²) < 4.78 is 16.6. The largest absolute Gasteiger partial charge is 0.445 e. The summed E-state index contributed by atoms with van der Waals surface area (Å²) in [6.07, 6.45) is 0.0208. The first-order chi connectivity index (χ1) is 12.8. The standard InChI is InChI=1S/C20H28N2O5/c1-20(2,3)27-19(24)22-11-15-9-16(26-17(15)12-22)10-21-18(23)25-13-14-7-5-4-6-8-14/h4-8,15-17H,9-13H2,1-3H3,(H,21,23)/t15-,16+,17+/m1/s1. The maximum Gasteiger partial charge on any atom is 0.410 e. The van der Waals surface area contributed by atoms with Crippen molar-refractivity contribution >= 4 is 12.2 Å². The Bertz CT molecular complexity index is 644. The zero-order chi connectivity index (χ0) is 19.4. The summed E-state index contributed by atoms with van der Waals surface area (Å²) in [5, 5.41) is 2.76. The van der Waals surface area contributed by atoms with Gasteiger partial charge in [-0.15, -0.1) is 0 Å². The van der Waals surface area contributed by atoms with Gasteiger partial charge in [0, 0.05) is 19.0 Å². The van der Waals surface area contributed by atoms with Crippen molar-refractivity contribution in [2.75, 3.05) is 19.6 Å². The number of fused-ring (bicyclic) bond motifs is 1. The minimum Gasteiger partial charge on any atom is -0.445 e. The van der Waals surface area contributed by atoms with Crippen LogP contribution in [0.5, 0.6) is 0 Å². The van der Waals surface area contributed by atoms with Gasteiger partial charge in [0.1, 0.15) is 12.2 Å². The van der Waals surface area contributed by atoms with Crippen molar-refractivity contribution in [2.45, 2.75) is 51.6 Å². The quantitative estimate of drug-likeness (QED) is 0.874. The van der Waals surface area contributed by atoms with Gasteiger partial charge in [-0.05, 0) is 32.8 Å². The number of carbonyl (C=O) groups excluding carboxylic acids is 2. The number of alkyl carbamates (subject to hydrolysis) is 1. The van der Waals surface area contributed by atoms with E-state index in [0.29, 0.717) is 19.6 Å². The van der Waals surface area contributed by atoms with Crippen molar-refractivity contribution in [2.24, 2.45) is 5.92 Å². The maximum atomic E-state index is 12.2. The molecule has 2 amide bonds. The Hall–Kier alpha value is -2.28. The van der Waals surface area contributed by atoms with Crippen molar-refractivity contribution in [1.29, 1.82) is 0 Å². The Morgan fingerprint density at radius 3 is 2.63 bits per heavy atom. The third-order valence-corrected chi connectivity index (χ3v) is 4.65. The second-order valence-corrected chi connectivity index (χ2v) is 8.12. The molecule has 2 heterocycles. The fraction of sp³-hybridized carbons (Fsp3) is 0.600. The SMILES string of the molecule is CC(C)(C)OC(=O)N1C[C@H]2C[C@@H](CNC(=O)OCc3ccccc3)O[C@H]2C1. The first kappa shape index (κ1) is 19.5. The molecular weight excluding hydrogens is 348 g/mol. The molecule has 0 radical (unpaired) electrons. The molecule has 2 saturated heterocycles. The molecular formula is C20H28N2O5. The zero-order valence-electron chi connectivity index (χ0n) is 16.1. The molecule has 0 unspecified atom stereocenters. The number of amides is 2. The number of likely N-dealkylation sites (tertiary alicyclic amines) is 1. The number of rotatable bonds is 4. The number of benzene rings is 1. The molecule has 0 aliphatic carbocycles. The monoisotopic (exact) mass is 376 g/mol. The van der Waals surface area contributed by atoms with E-state index in [4.69, 9.17) is 14.2 Å². The lowest BCUT2D eigenvalue weighted by Gasteiger charge is -2.25. The summed E-state index contributed by atoms with van der Waals surface area (Å²) in [5.41, 5.74) is 0.448. The van der Waals surface area contributed by atoms with Gasteiger partial charge in [0.2, 0.25) is 0 Å². The molecule has 1 aromatic rings. The first-order valence-corrected chi connectivity index (χ1v) is 9.38. The number of nitrogens with one attached hydrogen (secondary N) is 1. The Kier molecular flexibility index (Phi) is 5.89. The van der Waals surface area contributed by atoms with Gasteiger partial charge in [-0.3, -0.25) is 0 Å². The molecule has 148 valence electrons. The number of carbonyl (C=O) groups is 2. The van der Waals surface area contributed by atoms with Crippen molar-refractivity contribution in [1.82, 2.24) is 10.2 Å². The molecule has 27 heavy (non-hydrogen) atoms. The average molecular weight is 376 g/mol. The van der Waals surface area contributed by atoms with Gasteiger partial charge in [0.15, 0.2) is 0 Å². The lowest BCUT2D eigenvalue weighted by molar-refractivity contribution is 0.0135. The van der Waals surface area contributed by atoms with E-state index in [1.54, 1.807) is 4.90 Å². The van der Waals surface area contributed by atoms with Crippen LogP contribution in [0, 0.1) is 5.92 Å². The number of hydrogen-bond acceptors (Lipinski definition) is 5. The number of ether oxygens (including phenoxy) is 3. The van der Waals surface area contributed by atoms with E-state index in [-0.39, 0.29) is 30.8 Å². The van der Waals surface area contributed by atoms with E-state index < -0.39 is 11.7 Å². The molecule has 3 atom stereocenters. The van der Waals surface area contributed by atoms with Crippen molar-refractivity contribution in [3.8, 4) is 0 Å². The number of hydrogen-bond donors (Lipinski definition) is 1. The van der Waals surface area contributed by atoms with E-state index >= 15 is 0 Å². The molecule has 1 N–H and O–H groups in total. The van der Waals surface area contributed by atoms with Gasteiger partial charge in [-0.2, -0.15) is 0 Å². The predicted molar refractivity (Wildman–Crippen MR) is 99.2 cm³/mol. The highest BCUT2D eigenvalue weighted by atomic mass is 16.6. The molecule has 1 aromatic carbocycles. The van der Waals surface area contributed by atoms with Crippen molar-refractivity contribution in [3.63, 3.8) is 0 Å². The van der Waals surface area contributed by atoms with Crippen LogP contribution in [0.25, 0.3) is 0 Å². The van der Waals surface area contributed by atoms with Crippen LogP contribution in [0.4, 0.5) is 9.59 Å². The third kappa shape index (κ3) is 5.60. The van der Waals surface area contributed by atoms with E-state index in [9.17, 15) is 9.59 Å². The smallest absolute Gasteiger partial charge is 0.410 e. The summed E-state index contributed by atoms with van der Waals surface area (Å²) in [6, 6.07) is 9.54. The van der Waals surface area contributed by atoms with E-state index in [2.05, 4.69) is 5.32 Å². The lowest BCUT2D eigenvalue weighted by atomic mass is 10.0. The normalized spacial score (nSPS) is 24.4. The fourth-order valence-corrected chi connectivity index (χ4v) is 3.44. The van der Waals surface area contributed by atoms with Gasteiger partial charge in [-0.25, -0.2) is 9.59 Å². The predicted octanol–water partition coefficient (Wildman–Crippen LogP) is 2.94. The van der Waals surface area contributed by atoms with Gasteiger partial charge in [0.25, 0.3) is 0 Å². The highest BCUT2D eigenvalue weighted by Gasteiger charge is 2.44. The maximum absolute atomic E-state index is 12.2. The van der Waals surface area contributed by atoms with Crippen LogP contribution in [0.3, 0.4) is 0 Å². The minimum absolute atomic E-state index is 0.00431. The highest BCUT2D eigenvalue weighted by Crippen LogP contribution is 2.33. The lowest BCUT2D eigenvalue weighted by Crippen LogP contribution is -2.38. The van der Waals surface area contributed by atoms with Crippen LogP contribution >= 0.6 is 0 Å². The highest BCUT2D eigenvalue weighted by molar-refractivity contribution is 5.68. The molecule has 0 saturated carbocycles. The Morgan fingerprint density at radius 1 is 1.22 bits per heavy atom. The molecule has 0 spiro atoms. The summed E-state index contributed by atoms with van der Waals surface area (Å²) in [5.74, 6) is 0.282. The van der Waals surface area contributed by atoms with E-state index in [1.165, 1.54) is 0 Å². The molecule has 2 aliphatic heterocycles. The summed E-state index contributed by atoms with van der Waals surface area (Å²) in [7, 11) is 0. The van der Waals surface area contributed by atoms with Gasteiger partial charge < -0.3 is 24.4 Å². The molecule has 2 aliphatic rings. The zero-order valence-corrected chi connectivity index (χ0v) is 16.1. The fourth-order valence-electron chi connectivity index (χ4n) is 3.44. The second kappa shape index (κ2) is 8.17. The summed E-state index contributed by atoms with van der Waals surface area (Å²) in [6.45, 7) is 7.40. The van der Waals surface area contributed by atoms with Crippen LogP contribution in [0.2, 0.25) is 0 Å². The molecule has 2 fully saturated rings. The van der Waals surface area contributed by atoms with Gasteiger partial charge in [-0.1, -0.05) is 30.3 Å². The Morgan fingerprint density at radius 2 is 1.96 bits per heavy atom. The van der Waals surface area contributed by atoms with Crippen molar-refractivity contribution < 1.29 is 23.8 Å². The van der Waals surface area contributed by atoms with E-state index in [0.717, 1.165) is 12.0 Å². The van der Waals surface area contributed by atoms with Crippen molar-refractivity contribution in [3.05, 3.63) is 35.9 Å². The first-order valence-electron chi connectivity index (χ1n) is 9.38. The average Bonchev–Trinajstić information content (AvgIpc) is 3.16. The van der Waals surface area contributed by atoms with Crippen LogP contribution in [-0.2, 0) is 20.8 Å². The molecule has 0 aromatic heterocycles. The molecule has 7 heteroatoms. The van der Waals surface area contributed by atoms with Gasteiger partial charge in [0.05, 0.1) is 18.8 Å². The Balaban J connectivity index is 1.36. The summed E-state index contributed by atoms with van der Waals surface area (Å²) in [4.78, 5) is 25.7. The molecule has 3 rings (SSSR count). The third-order valence-electron chi connectivity index (χ3n) is 4.65. The summed E-state index contributed by atoms with van der Waals surface area (Å²) >= 11 is 0. The van der Waals surface area contributed by atoms with Gasteiger partial charge >= 0.3 is 12.2 Å². The topological polar surface area (TPSA) is 77.1 Å². The number of nitrogens with zero attached hydrogens (tertiary/aromatic N) is 1. The van der Waals surface area contributed by atoms with Crippen LogP contribution in [0.1, 0.15) is 32.8 Å². The minimum atomic E-state index is -0.498. The molecule has 0 bridgehead atoms.